The Hall–Kier alpha value is -3.17. The molecule has 148 valence electrons. The second-order valence-electron chi connectivity index (χ2n) is 5.53. The number of nitrogens with zero attached hydrogens (tertiary/aromatic N) is 1. The summed E-state index contributed by atoms with van der Waals surface area (Å²) in [6.07, 6.45) is 0. The molecule has 0 radical (unpaired) electrons. The van der Waals surface area contributed by atoms with Gasteiger partial charge in [0.05, 0.1) is 28.2 Å². The second-order valence-corrected chi connectivity index (χ2v) is 5.94. The zero-order valence-corrected chi connectivity index (χ0v) is 15.7. The number of amides is 2. The smallest absolute Gasteiger partial charge is 0.273 e. The van der Waals surface area contributed by atoms with Gasteiger partial charge in [0, 0.05) is 25.4 Å². The molecule has 0 unspecified atom stereocenters. The fourth-order valence-electron chi connectivity index (χ4n) is 2.17. The molecule has 0 aliphatic carbocycles. The highest BCUT2D eigenvalue weighted by Crippen LogP contribution is 2.22. The Bertz CT molecular complexity index is 874. The fraction of sp³-hybridized carbons (Fsp3) is 0.222. The van der Waals surface area contributed by atoms with Crippen molar-refractivity contribution in [3.63, 3.8) is 0 Å². The van der Waals surface area contributed by atoms with E-state index in [2.05, 4.69) is 10.6 Å². The van der Waals surface area contributed by atoms with Gasteiger partial charge >= 0.3 is 0 Å². The number of rotatable bonds is 9. The van der Waals surface area contributed by atoms with Crippen LogP contribution in [-0.4, -0.2) is 43.6 Å². The third-order valence-corrected chi connectivity index (χ3v) is 3.80. The second kappa shape index (κ2) is 10.2. The summed E-state index contributed by atoms with van der Waals surface area (Å²) in [5.74, 6) is -0.640. The third-order valence-electron chi connectivity index (χ3n) is 3.49. The van der Waals surface area contributed by atoms with E-state index in [1.807, 2.05) is 0 Å². The SMILES string of the molecule is COCCNC(=O)c1ccc(NC(=O)COc2cccc([N+](=O)[O-])c2)cc1Cl. The molecular weight excluding hydrogens is 390 g/mol. The van der Waals surface area contributed by atoms with Crippen LogP contribution >= 0.6 is 11.6 Å². The van der Waals surface area contributed by atoms with E-state index in [0.29, 0.717) is 18.8 Å². The van der Waals surface area contributed by atoms with E-state index in [9.17, 15) is 19.7 Å². The first-order valence-corrected chi connectivity index (χ1v) is 8.52. The van der Waals surface area contributed by atoms with Crippen molar-refractivity contribution in [2.45, 2.75) is 0 Å². The van der Waals surface area contributed by atoms with E-state index in [4.69, 9.17) is 21.1 Å². The lowest BCUT2D eigenvalue weighted by molar-refractivity contribution is -0.384. The molecule has 0 spiro atoms. The average molecular weight is 408 g/mol. The van der Waals surface area contributed by atoms with Crippen molar-refractivity contribution in [2.75, 3.05) is 32.2 Å². The Balaban J connectivity index is 1.91. The quantitative estimate of drug-likeness (QED) is 0.374. The van der Waals surface area contributed by atoms with Gasteiger partial charge in [0.15, 0.2) is 6.61 Å². The topological polar surface area (TPSA) is 120 Å². The van der Waals surface area contributed by atoms with Crippen LogP contribution in [0.3, 0.4) is 0 Å². The number of hydrogen-bond acceptors (Lipinski definition) is 6. The largest absolute Gasteiger partial charge is 0.484 e. The highest BCUT2D eigenvalue weighted by atomic mass is 35.5. The number of ether oxygens (including phenoxy) is 2. The van der Waals surface area contributed by atoms with Crippen LogP contribution in [0.15, 0.2) is 42.5 Å². The maximum atomic E-state index is 12.0. The van der Waals surface area contributed by atoms with Gasteiger partial charge < -0.3 is 20.1 Å². The molecule has 2 aromatic rings. The maximum absolute atomic E-state index is 12.0. The van der Waals surface area contributed by atoms with Crippen molar-refractivity contribution in [1.82, 2.24) is 5.32 Å². The van der Waals surface area contributed by atoms with Crippen molar-refractivity contribution in [3.05, 3.63) is 63.2 Å². The van der Waals surface area contributed by atoms with Crippen molar-refractivity contribution >= 4 is 34.8 Å². The molecule has 2 rings (SSSR count). The van der Waals surface area contributed by atoms with Crippen LogP contribution in [0.1, 0.15) is 10.4 Å². The Kier molecular flexibility index (Phi) is 7.73. The van der Waals surface area contributed by atoms with Crippen LogP contribution in [0, 0.1) is 10.1 Å². The van der Waals surface area contributed by atoms with Crippen LogP contribution in [0.2, 0.25) is 5.02 Å². The maximum Gasteiger partial charge on any atom is 0.273 e. The van der Waals surface area contributed by atoms with E-state index < -0.39 is 10.8 Å². The molecule has 2 aromatic carbocycles. The summed E-state index contributed by atoms with van der Waals surface area (Å²) in [4.78, 5) is 34.2. The zero-order valence-electron chi connectivity index (χ0n) is 14.9. The number of benzene rings is 2. The van der Waals surface area contributed by atoms with Gasteiger partial charge in [-0.25, -0.2) is 0 Å². The molecule has 0 heterocycles. The van der Waals surface area contributed by atoms with Gasteiger partial charge in [-0.05, 0) is 24.3 Å². The molecule has 10 heteroatoms. The Morgan fingerprint density at radius 3 is 2.68 bits per heavy atom. The van der Waals surface area contributed by atoms with Gasteiger partial charge in [-0.2, -0.15) is 0 Å². The van der Waals surface area contributed by atoms with Crippen molar-refractivity contribution < 1.29 is 24.0 Å². The van der Waals surface area contributed by atoms with E-state index in [1.165, 1.54) is 49.6 Å². The molecule has 9 nitrogen and oxygen atoms in total. The molecule has 0 aliphatic heterocycles. The minimum absolute atomic E-state index is 0.135. The number of non-ortho nitro benzene ring substituents is 1. The minimum Gasteiger partial charge on any atom is -0.484 e. The Morgan fingerprint density at radius 2 is 2.00 bits per heavy atom. The molecule has 2 N–H and O–H groups in total. The monoisotopic (exact) mass is 407 g/mol. The highest BCUT2D eigenvalue weighted by molar-refractivity contribution is 6.34. The predicted octanol–water partition coefficient (Wildman–Crippen LogP) is 2.64. The first-order chi connectivity index (χ1) is 13.4. The van der Waals surface area contributed by atoms with E-state index >= 15 is 0 Å². The number of nitro groups is 1. The Morgan fingerprint density at radius 1 is 1.21 bits per heavy atom. The lowest BCUT2D eigenvalue weighted by atomic mass is 10.2. The van der Waals surface area contributed by atoms with Crippen molar-refractivity contribution in [1.29, 1.82) is 0 Å². The van der Waals surface area contributed by atoms with Gasteiger partial charge in [0.25, 0.3) is 17.5 Å². The first kappa shape index (κ1) is 21.1. The molecule has 0 saturated heterocycles. The third kappa shape index (κ3) is 6.22. The highest BCUT2D eigenvalue weighted by Gasteiger charge is 2.12. The number of carbonyl (C=O) groups is 2. The predicted molar refractivity (Wildman–Crippen MR) is 103 cm³/mol. The number of nitrogens with one attached hydrogen (secondary N) is 2. The molecular formula is C18H18ClN3O6. The van der Waals surface area contributed by atoms with Gasteiger partial charge in [-0.1, -0.05) is 17.7 Å². The molecule has 0 saturated carbocycles. The number of anilines is 1. The summed E-state index contributed by atoms with van der Waals surface area (Å²) < 4.78 is 10.1. The summed E-state index contributed by atoms with van der Waals surface area (Å²) in [6.45, 7) is 0.374. The normalized spacial score (nSPS) is 10.2. The van der Waals surface area contributed by atoms with Gasteiger partial charge in [-0.15, -0.1) is 0 Å². The number of hydrogen-bond donors (Lipinski definition) is 2. The number of halogens is 1. The van der Waals surface area contributed by atoms with Crippen LogP contribution in [-0.2, 0) is 9.53 Å². The molecule has 0 bridgehead atoms. The summed E-state index contributed by atoms with van der Waals surface area (Å²) in [6, 6.07) is 9.97. The molecule has 0 fully saturated rings. The van der Waals surface area contributed by atoms with Gasteiger partial charge in [-0.3, -0.25) is 19.7 Å². The van der Waals surface area contributed by atoms with Crippen LogP contribution in [0.5, 0.6) is 5.75 Å². The fourth-order valence-corrected chi connectivity index (χ4v) is 2.44. The number of methoxy groups -OCH3 is 1. The number of nitro benzene ring substituents is 1. The standard InChI is InChI=1S/C18H18ClN3O6/c1-27-8-7-20-18(24)15-6-5-12(9-16(15)19)21-17(23)11-28-14-4-2-3-13(10-14)22(25)26/h2-6,9-10H,7-8,11H2,1H3,(H,20,24)(H,21,23). The molecule has 0 atom stereocenters. The van der Waals surface area contributed by atoms with Crippen LogP contribution in [0.25, 0.3) is 0 Å². The first-order valence-electron chi connectivity index (χ1n) is 8.14. The van der Waals surface area contributed by atoms with E-state index in [-0.39, 0.29) is 34.5 Å². The average Bonchev–Trinajstić information content (AvgIpc) is 2.67. The van der Waals surface area contributed by atoms with Gasteiger partial charge in [0.2, 0.25) is 0 Å². The van der Waals surface area contributed by atoms with Crippen LogP contribution in [0.4, 0.5) is 11.4 Å². The molecule has 0 aliphatic rings. The number of carbonyl (C=O) groups excluding carboxylic acids is 2. The van der Waals surface area contributed by atoms with Crippen molar-refractivity contribution in [2.24, 2.45) is 0 Å². The molecule has 2 amide bonds. The summed E-state index contributed by atoms with van der Waals surface area (Å²) in [5, 5.41) is 16.1. The lowest BCUT2D eigenvalue weighted by Gasteiger charge is -2.10. The Labute approximate surface area is 165 Å². The summed E-state index contributed by atoms with van der Waals surface area (Å²) in [7, 11) is 1.53. The molecule has 28 heavy (non-hydrogen) atoms. The zero-order chi connectivity index (χ0) is 20.5. The van der Waals surface area contributed by atoms with E-state index in [1.54, 1.807) is 0 Å². The minimum atomic E-state index is -0.554. The molecule has 0 aromatic heterocycles. The lowest BCUT2D eigenvalue weighted by Crippen LogP contribution is -2.27. The van der Waals surface area contributed by atoms with Crippen molar-refractivity contribution in [3.8, 4) is 5.75 Å². The summed E-state index contributed by atoms with van der Waals surface area (Å²) in [5.41, 5.74) is 0.513. The van der Waals surface area contributed by atoms with E-state index in [0.717, 1.165) is 0 Å². The van der Waals surface area contributed by atoms with Gasteiger partial charge in [0.1, 0.15) is 5.75 Å². The van der Waals surface area contributed by atoms with Crippen LogP contribution < -0.4 is 15.4 Å². The summed E-state index contributed by atoms with van der Waals surface area (Å²) >= 11 is 6.10.